The van der Waals surface area contributed by atoms with Crippen LogP contribution in [0.2, 0.25) is 0 Å². The molecule has 0 aromatic carbocycles. The number of rotatable bonds is 1. The van der Waals surface area contributed by atoms with Crippen LogP contribution < -0.4 is 0 Å². The Hall–Kier alpha value is -0.420. The molecule has 1 aromatic rings. The zero-order chi connectivity index (χ0) is 8.39. The van der Waals surface area contributed by atoms with Crippen LogP contribution in [0.15, 0.2) is 11.1 Å². The summed E-state index contributed by atoms with van der Waals surface area (Å²) in [6.45, 7) is 0.835. The zero-order valence-electron chi connectivity index (χ0n) is 6.61. The van der Waals surface area contributed by atoms with Crippen LogP contribution in [0.25, 0.3) is 0 Å². The summed E-state index contributed by atoms with van der Waals surface area (Å²) in [5.74, 6) is 0. The molecule has 0 bridgehead atoms. The predicted molar refractivity (Wildman–Crippen MR) is 46.6 cm³/mol. The number of halogens is 1. The second-order valence-electron chi connectivity index (χ2n) is 2.81. The van der Waals surface area contributed by atoms with Gasteiger partial charge in [-0.25, -0.2) is 9.67 Å². The van der Waals surface area contributed by atoms with Crippen molar-refractivity contribution >= 4 is 15.9 Å². The minimum absolute atomic E-state index is 0.0950. The van der Waals surface area contributed by atoms with Gasteiger partial charge in [-0.1, -0.05) is 0 Å². The quantitative estimate of drug-likeness (QED) is 0.740. The first-order valence-corrected chi connectivity index (χ1v) is 4.84. The molecule has 1 aliphatic rings. The lowest BCUT2D eigenvalue weighted by Crippen LogP contribution is -2.18. The number of nitrogens with zero attached hydrogens (tertiary/aromatic N) is 3. The second kappa shape index (κ2) is 3.53. The maximum Gasteiger partial charge on any atom is 0.217 e. The molecule has 1 aromatic heterocycles. The largest absolute Gasteiger partial charge is 0.356 e. The van der Waals surface area contributed by atoms with Gasteiger partial charge in [-0.3, -0.25) is 0 Å². The molecular weight excluding hydrogens is 222 g/mol. The summed E-state index contributed by atoms with van der Waals surface area (Å²) in [5, 5.41) is 4.13. The average molecular weight is 232 g/mol. The molecule has 0 spiro atoms. The third kappa shape index (κ3) is 1.67. The molecule has 1 atom stereocenters. The Morgan fingerprint density at radius 2 is 2.50 bits per heavy atom. The molecule has 2 heterocycles. The lowest BCUT2D eigenvalue weighted by Gasteiger charge is -2.21. The third-order valence-electron chi connectivity index (χ3n) is 1.93. The van der Waals surface area contributed by atoms with Crippen LogP contribution in [0.1, 0.15) is 25.5 Å². The molecular formula is C7H10BrN3O. The van der Waals surface area contributed by atoms with E-state index in [0.717, 1.165) is 19.4 Å². The summed E-state index contributed by atoms with van der Waals surface area (Å²) in [6, 6.07) is 0. The van der Waals surface area contributed by atoms with Gasteiger partial charge in [0.1, 0.15) is 6.33 Å². The molecule has 0 radical (unpaired) electrons. The molecule has 4 nitrogen and oxygen atoms in total. The van der Waals surface area contributed by atoms with Gasteiger partial charge < -0.3 is 4.74 Å². The Labute approximate surface area is 79.1 Å². The normalized spacial score (nSPS) is 24.2. The first kappa shape index (κ1) is 8.19. The van der Waals surface area contributed by atoms with Gasteiger partial charge in [-0.15, -0.1) is 5.10 Å². The van der Waals surface area contributed by atoms with E-state index in [4.69, 9.17) is 4.74 Å². The van der Waals surface area contributed by atoms with Gasteiger partial charge in [0.05, 0.1) is 0 Å². The summed E-state index contributed by atoms with van der Waals surface area (Å²) in [5.41, 5.74) is 0. The highest BCUT2D eigenvalue weighted by molar-refractivity contribution is 9.10. The van der Waals surface area contributed by atoms with Crippen molar-refractivity contribution in [2.75, 3.05) is 6.61 Å². The molecule has 0 unspecified atom stereocenters. The molecule has 1 aliphatic heterocycles. The molecule has 0 aliphatic carbocycles. The Kier molecular flexibility index (Phi) is 2.41. The van der Waals surface area contributed by atoms with Crippen molar-refractivity contribution in [3.63, 3.8) is 0 Å². The van der Waals surface area contributed by atoms with Crippen LogP contribution in [-0.4, -0.2) is 21.4 Å². The molecule has 0 amide bonds. The molecule has 2 rings (SSSR count). The second-order valence-corrected chi connectivity index (χ2v) is 3.52. The summed E-state index contributed by atoms with van der Waals surface area (Å²) in [7, 11) is 0. The fourth-order valence-electron chi connectivity index (χ4n) is 1.32. The predicted octanol–water partition coefficient (Wildman–Crippen LogP) is 1.74. The van der Waals surface area contributed by atoms with Gasteiger partial charge in [0.25, 0.3) is 0 Å². The minimum atomic E-state index is 0.0950. The highest BCUT2D eigenvalue weighted by Crippen LogP contribution is 2.21. The monoisotopic (exact) mass is 231 g/mol. The average Bonchev–Trinajstić information content (AvgIpc) is 2.54. The van der Waals surface area contributed by atoms with Gasteiger partial charge in [0, 0.05) is 6.61 Å². The van der Waals surface area contributed by atoms with Crippen LogP contribution in [0.3, 0.4) is 0 Å². The highest BCUT2D eigenvalue weighted by Gasteiger charge is 2.16. The Morgan fingerprint density at radius 1 is 1.58 bits per heavy atom. The summed E-state index contributed by atoms with van der Waals surface area (Å²) in [4.78, 5) is 3.98. The summed E-state index contributed by atoms with van der Waals surface area (Å²) in [6.07, 6.45) is 5.20. The molecule has 66 valence electrons. The number of hydrogen-bond acceptors (Lipinski definition) is 3. The zero-order valence-corrected chi connectivity index (χ0v) is 8.20. The van der Waals surface area contributed by atoms with Crippen molar-refractivity contribution in [2.24, 2.45) is 0 Å². The number of ether oxygens (including phenoxy) is 1. The molecule has 1 fully saturated rings. The van der Waals surface area contributed by atoms with Gasteiger partial charge in [-0.2, -0.15) is 0 Å². The van der Waals surface area contributed by atoms with E-state index < -0.39 is 0 Å². The fourth-order valence-corrected chi connectivity index (χ4v) is 1.60. The fraction of sp³-hybridized carbons (Fsp3) is 0.714. The number of hydrogen-bond donors (Lipinski definition) is 0. The standard InChI is InChI=1S/C7H10BrN3O/c8-7-9-5-11(10-7)6-3-1-2-4-12-6/h5-6H,1-4H2/t6-/m1/s1. The summed E-state index contributed by atoms with van der Waals surface area (Å²) < 4.78 is 7.91. The topological polar surface area (TPSA) is 39.9 Å². The molecule has 1 saturated heterocycles. The van der Waals surface area contributed by atoms with E-state index in [0.29, 0.717) is 4.73 Å². The van der Waals surface area contributed by atoms with E-state index in [1.807, 2.05) is 0 Å². The lowest BCUT2D eigenvalue weighted by atomic mass is 10.2. The first-order valence-electron chi connectivity index (χ1n) is 4.04. The van der Waals surface area contributed by atoms with E-state index in [9.17, 15) is 0 Å². The van der Waals surface area contributed by atoms with Gasteiger partial charge in [0.2, 0.25) is 4.73 Å². The smallest absolute Gasteiger partial charge is 0.217 e. The van der Waals surface area contributed by atoms with Gasteiger partial charge in [-0.05, 0) is 35.2 Å². The molecule has 0 N–H and O–H groups in total. The van der Waals surface area contributed by atoms with Crippen LogP contribution in [0, 0.1) is 0 Å². The maximum absolute atomic E-state index is 5.52. The van der Waals surface area contributed by atoms with Crippen LogP contribution in [0.5, 0.6) is 0 Å². The SMILES string of the molecule is Brc1ncn([C@H]2CCCCO2)n1. The van der Waals surface area contributed by atoms with Crippen molar-refractivity contribution in [3.05, 3.63) is 11.1 Å². The van der Waals surface area contributed by atoms with E-state index in [2.05, 4.69) is 26.0 Å². The molecule has 12 heavy (non-hydrogen) atoms. The van der Waals surface area contributed by atoms with Gasteiger partial charge in [0.15, 0.2) is 6.23 Å². The van der Waals surface area contributed by atoms with Crippen LogP contribution >= 0.6 is 15.9 Å². The summed E-state index contributed by atoms with van der Waals surface area (Å²) >= 11 is 3.20. The van der Waals surface area contributed by atoms with E-state index in [1.165, 1.54) is 6.42 Å². The number of aromatic nitrogens is 3. The van der Waals surface area contributed by atoms with E-state index >= 15 is 0 Å². The van der Waals surface area contributed by atoms with Crippen LogP contribution in [0.4, 0.5) is 0 Å². The van der Waals surface area contributed by atoms with Crippen molar-refractivity contribution in [2.45, 2.75) is 25.5 Å². The minimum Gasteiger partial charge on any atom is -0.356 e. The third-order valence-corrected chi connectivity index (χ3v) is 2.29. The Bertz CT molecular complexity index is 257. The Morgan fingerprint density at radius 3 is 3.08 bits per heavy atom. The van der Waals surface area contributed by atoms with E-state index in [-0.39, 0.29) is 6.23 Å². The van der Waals surface area contributed by atoms with Crippen molar-refractivity contribution in [1.82, 2.24) is 14.8 Å². The van der Waals surface area contributed by atoms with Crippen molar-refractivity contribution in [3.8, 4) is 0 Å². The van der Waals surface area contributed by atoms with E-state index in [1.54, 1.807) is 11.0 Å². The Balaban J connectivity index is 2.08. The van der Waals surface area contributed by atoms with Crippen molar-refractivity contribution in [1.29, 1.82) is 0 Å². The maximum atomic E-state index is 5.52. The highest BCUT2D eigenvalue weighted by atomic mass is 79.9. The van der Waals surface area contributed by atoms with Gasteiger partial charge >= 0.3 is 0 Å². The van der Waals surface area contributed by atoms with Crippen molar-refractivity contribution < 1.29 is 4.74 Å². The van der Waals surface area contributed by atoms with Crippen LogP contribution in [-0.2, 0) is 4.74 Å². The lowest BCUT2D eigenvalue weighted by molar-refractivity contribution is -0.0398. The molecule has 5 heteroatoms. The molecule has 0 saturated carbocycles. The first-order chi connectivity index (χ1) is 5.86.